The number of anilines is 2. The first-order valence-electron chi connectivity index (χ1n) is 10.4. The summed E-state index contributed by atoms with van der Waals surface area (Å²) in [6.45, 7) is 3.45. The molecule has 1 heterocycles. The number of sulfonamides is 1. The van der Waals surface area contributed by atoms with E-state index in [9.17, 15) is 23.1 Å². The third-order valence-corrected chi connectivity index (χ3v) is 6.72. The van der Waals surface area contributed by atoms with Crippen LogP contribution in [0.5, 0.6) is 0 Å². The van der Waals surface area contributed by atoms with Gasteiger partial charge in [-0.25, -0.2) is 17.9 Å². The molecule has 0 aromatic heterocycles. The van der Waals surface area contributed by atoms with E-state index in [1.54, 1.807) is 35.2 Å². The molecule has 10 heteroatoms. The van der Waals surface area contributed by atoms with Crippen LogP contribution in [0, 0.1) is 0 Å². The van der Waals surface area contributed by atoms with Crippen LogP contribution < -0.4 is 14.5 Å². The van der Waals surface area contributed by atoms with Gasteiger partial charge in [-0.3, -0.25) is 9.69 Å². The second kappa shape index (κ2) is 9.68. The first-order chi connectivity index (χ1) is 15.2. The average Bonchev–Trinajstić information content (AvgIpc) is 2.77. The quantitative estimate of drug-likeness (QED) is 0.582. The fourth-order valence-corrected chi connectivity index (χ4v) is 4.87. The number of aliphatic hydroxyl groups excluding tert-OH is 1. The van der Waals surface area contributed by atoms with Crippen molar-refractivity contribution in [1.29, 1.82) is 0 Å². The number of amides is 2. The van der Waals surface area contributed by atoms with E-state index in [1.807, 2.05) is 13.8 Å². The van der Waals surface area contributed by atoms with Crippen molar-refractivity contribution in [3.05, 3.63) is 42.5 Å². The Labute approximate surface area is 187 Å². The largest absolute Gasteiger partial charge is 0.465 e. The lowest BCUT2D eigenvalue weighted by Crippen LogP contribution is -2.51. The number of fused-ring (bicyclic) bond motifs is 1. The normalized spacial score (nSPS) is 16.0. The van der Waals surface area contributed by atoms with Gasteiger partial charge in [0.15, 0.2) is 0 Å². The standard InChI is InChI=1S/C22H27N3O6S/c1-3-5-21(27)25-15(2)14-24(22(28)29)20-13-17(8-9-19(20)25)16-6-4-7-18(12-16)32(30,31)23-10-11-26/h4,6-9,12-13,15,23,26H,3,5,10-11,14H2,1-2H3,(H,28,29)/t15-/m0/s1. The first kappa shape index (κ1) is 23.7. The molecule has 3 rings (SSSR count). The summed E-state index contributed by atoms with van der Waals surface area (Å²) in [5, 5.41) is 18.6. The van der Waals surface area contributed by atoms with Crippen molar-refractivity contribution in [2.24, 2.45) is 0 Å². The number of benzene rings is 2. The molecule has 1 aliphatic heterocycles. The predicted octanol–water partition coefficient (Wildman–Crippen LogP) is 2.64. The molecule has 0 fully saturated rings. The zero-order valence-electron chi connectivity index (χ0n) is 18.0. The summed E-state index contributed by atoms with van der Waals surface area (Å²) in [4.78, 5) is 27.5. The highest BCUT2D eigenvalue weighted by Gasteiger charge is 2.34. The lowest BCUT2D eigenvalue weighted by atomic mass is 10.0. The molecule has 32 heavy (non-hydrogen) atoms. The van der Waals surface area contributed by atoms with Crippen LogP contribution in [0.2, 0.25) is 0 Å². The van der Waals surface area contributed by atoms with E-state index in [0.717, 1.165) is 0 Å². The van der Waals surface area contributed by atoms with Crippen molar-refractivity contribution in [1.82, 2.24) is 4.72 Å². The van der Waals surface area contributed by atoms with Crippen molar-refractivity contribution in [2.75, 3.05) is 29.5 Å². The minimum Gasteiger partial charge on any atom is -0.465 e. The van der Waals surface area contributed by atoms with Crippen LogP contribution in [0.3, 0.4) is 0 Å². The van der Waals surface area contributed by atoms with Crippen molar-refractivity contribution in [2.45, 2.75) is 37.6 Å². The fourth-order valence-electron chi connectivity index (χ4n) is 3.81. The number of nitrogens with one attached hydrogen (secondary N) is 1. The summed E-state index contributed by atoms with van der Waals surface area (Å²) in [7, 11) is -3.80. The summed E-state index contributed by atoms with van der Waals surface area (Å²) in [6.07, 6.45) is -0.0781. The molecule has 9 nitrogen and oxygen atoms in total. The molecule has 0 aliphatic carbocycles. The monoisotopic (exact) mass is 461 g/mol. The maximum atomic E-state index is 12.7. The minimum atomic E-state index is -3.80. The Bertz CT molecular complexity index is 1120. The number of rotatable bonds is 7. The molecule has 172 valence electrons. The first-order valence-corrected chi connectivity index (χ1v) is 11.9. The molecule has 2 amide bonds. The third-order valence-electron chi connectivity index (χ3n) is 5.26. The van der Waals surface area contributed by atoms with Crippen molar-refractivity contribution < 1.29 is 28.2 Å². The number of nitrogens with zero attached hydrogens (tertiary/aromatic N) is 2. The zero-order chi connectivity index (χ0) is 23.5. The Balaban J connectivity index is 2.07. The van der Waals surface area contributed by atoms with E-state index in [2.05, 4.69) is 4.72 Å². The molecular weight excluding hydrogens is 434 g/mol. The molecule has 0 spiro atoms. The maximum absolute atomic E-state index is 12.7. The van der Waals surface area contributed by atoms with Gasteiger partial charge in [0.1, 0.15) is 0 Å². The van der Waals surface area contributed by atoms with Crippen molar-refractivity contribution in [3.63, 3.8) is 0 Å². The van der Waals surface area contributed by atoms with Crippen molar-refractivity contribution in [3.8, 4) is 11.1 Å². The van der Waals surface area contributed by atoms with Crippen LogP contribution in [0.1, 0.15) is 26.7 Å². The number of carboxylic acid groups (broad SMARTS) is 1. The lowest BCUT2D eigenvalue weighted by molar-refractivity contribution is -0.119. The molecule has 0 saturated heterocycles. The number of carbonyl (C=O) groups excluding carboxylic acids is 1. The lowest BCUT2D eigenvalue weighted by Gasteiger charge is -2.40. The van der Waals surface area contributed by atoms with Gasteiger partial charge in [0, 0.05) is 19.5 Å². The van der Waals surface area contributed by atoms with Gasteiger partial charge in [-0.1, -0.05) is 25.1 Å². The Morgan fingerprint density at radius 2 is 1.84 bits per heavy atom. The fraction of sp³-hybridized carbons (Fsp3) is 0.364. The second-order valence-electron chi connectivity index (χ2n) is 7.61. The van der Waals surface area contributed by atoms with E-state index < -0.39 is 16.1 Å². The van der Waals surface area contributed by atoms with E-state index >= 15 is 0 Å². The van der Waals surface area contributed by atoms with Crippen molar-refractivity contribution >= 4 is 33.4 Å². The van der Waals surface area contributed by atoms with Crippen LogP contribution in [0.4, 0.5) is 16.2 Å². The summed E-state index contributed by atoms with van der Waals surface area (Å²) < 4.78 is 27.1. The number of hydrogen-bond acceptors (Lipinski definition) is 5. The van der Waals surface area contributed by atoms with E-state index in [1.165, 1.54) is 17.0 Å². The van der Waals surface area contributed by atoms with Gasteiger partial charge in [0.05, 0.1) is 28.9 Å². The molecule has 0 bridgehead atoms. The van der Waals surface area contributed by atoms with Gasteiger partial charge in [0.25, 0.3) is 0 Å². The second-order valence-corrected chi connectivity index (χ2v) is 9.38. The molecule has 1 atom stereocenters. The molecule has 2 aromatic carbocycles. The van der Waals surface area contributed by atoms with Gasteiger partial charge in [-0.05, 0) is 48.7 Å². The minimum absolute atomic E-state index is 0.0321. The van der Waals surface area contributed by atoms with Crippen LogP contribution >= 0.6 is 0 Å². The number of hydrogen-bond donors (Lipinski definition) is 3. The van der Waals surface area contributed by atoms with Gasteiger partial charge in [0.2, 0.25) is 15.9 Å². The Kier molecular flexibility index (Phi) is 7.17. The van der Waals surface area contributed by atoms with Crippen LogP contribution in [-0.4, -0.2) is 56.4 Å². The molecule has 0 saturated carbocycles. The van der Waals surface area contributed by atoms with Crippen LogP contribution in [0.15, 0.2) is 47.4 Å². The summed E-state index contributed by atoms with van der Waals surface area (Å²) >= 11 is 0. The molecule has 1 aliphatic rings. The Hall–Kier alpha value is -2.95. The number of carbonyl (C=O) groups is 2. The third kappa shape index (κ3) is 4.77. The van der Waals surface area contributed by atoms with Gasteiger partial charge in [-0.2, -0.15) is 0 Å². The van der Waals surface area contributed by atoms with E-state index in [-0.39, 0.29) is 36.5 Å². The molecule has 3 N–H and O–H groups in total. The summed E-state index contributed by atoms with van der Waals surface area (Å²) in [6, 6.07) is 11.0. The Morgan fingerprint density at radius 3 is 2.50 bits per heavy atom. The zero-order valence-corrected chi connectivity index (χ0v) is 18.8. The summed E-state index contributed by atoms with van der Waals surface area (Å²) in [5.41, 5.74) is 2.09. The topological polar surface area (TPSA) is 127 Å². The highest BCUT2D eigenvalue weighted by molar-refractivity contribution is 7.89. The average molecular weight is 462 g/mol. The SMILES string of the molecule is CCCC(=O)N1c2ccc(-c3cccc(S(=O)(=O)NCCO)c3)cc2N(C(=O)O)C[C@@H]1C. The van der Waals surface area contributed by atoms with E-state index in [4.69, 9.17) is 5.11 Å². The smallest absolute Gasteiger partial charge is 0.411 e. The van der Waals surface area contributed by atoms with Gasteiger partial charge >= 0.3 is 6.09 Å². The molecular formula is C22H27N3O6S. The highest BCUT2D eigenvalue weighted by Crippen LogP contribution is 2.39. The van der Waals surface area contributed by atoms with Gasteiger partial charge in [-0.15, -0.1) is 0 Å². The van der Waals surface area contributed by atoms with Crippen LogP contribution in [0.25, 0.3) is 11.1 Å². The molecule has 0 radical (unpaired) electrons. The van der Waals surface area contributed by atoms with Gasteiger partial charge < -0.3 is 15.1 Å². The number of aliphatic hydroxyl groups is 1. The highest BCUT2D eigenvalue weighted by atomic mass is 32.2. The van der Waals surface area contributed by atoms with E-state index in [0.29, 0.717) is 35.3 Å². The molecule has 0 unspecified atom stereocenters. The van der Waals surface area contributed by atoms with Crippen LogP contribution in [-0.2, 0) is 14.8 Å². The predicted molar refractivity (Wildman–Crippen MR) is 121 cm³/mol. The summed E-state index contributed by atoms with van der Waals surface area (Å²) in [5.74, 6) is -0.0675. The maximum Gasteiger partial charge on any atom is 0.411 e. The Morgan fingerprint density at radius 1 is 1.12 bits per heavy atom. The molecule has 2 aromatic rings.